The van der Waals surface area contributed by atoms with E-state index in [1.165, 1.54) is 5.56 Å². The summed E-state index contributed by atoms with van der Waals surface area (Å²) in [5, 5.41) is 0. The number of nitrogens with zero attached hydrogens (tertiary/aromatic N) is 2. The highest BCUT2D eigenvalue weighted by Gasteiger charge is 2.01. The second kappa shape index (κ2) is 3.96. The maximum absolute atomic E-state index is 4.29. The number of hydrogen-bond acceptors (Lipinski definition) is 1. The molecule has 72 valence electrons. The number of hydrogen-bond donors (Lipinski definition) is 0. The molecule has 0 N–H and O–H groups in total. The van der Waals surface area contributed by atoms with E-state index in [0.29, 0.717) is 0 Å². The van der Waals surface area contributed by atoms with E-state index in [4.69, 9.17) is 0 Å². The minimum Gasteiger partial charge on any atom is -0.330 e. The van der Waals surface area contributed by atoms with E-state index < -0.39 is 0 Å². The molecule has 1 heterocycles. The molecule has 0 fully saturated rings. The van der Waals surface area contributed by atoms with Crippen molar-refractivity contribution in [2.45, 2.75) is 13.5 Å². The molecule has 0 spiro atoms. The molecule has 3 heteroatoms. The number of benzene rings is 1. The summed E-state index contributed by atoms with van der Waals surface area (Å²) >= 11 is 3.36. The van der Waals surface area contributed by atoms with Crippen molar-refractivity contribution in [2.24, 2.45) is 0 Å². The fourth-order valence-electron chi connectivity index (χ4n) is 1.41. The van der Waals surface area contributed by atoms with Gasteiger partial charge in [0.15, 0.2) is 0 Å². The summed E-state index contributed by atoms with van der Waals surface area (Å²) in [6.45, 7) is 2.89. The topological polar surface area (TPSA) is 17.8 Å². The van der Waals surface area contributed by atoms with Gasteiger partial charge in [0, 0.05) is 12.7 Å². The third-order valence-corrected chi connectivity index (χ3v) is 2.52. The zero-order valence-electron chi connectivity index (χ0n) is 7.94. The van der Waals surface area contributed by atoms with Gasteiger partial charge in [0.2, 0.25) is 0 Å². The molecule has 0 aliphatic heterocycles. The number of halogens is 1. The SMILES string of the molecule is Cc1nc(Br)cn1Cc1ccccc1. The van der Waals surface area contributed by atoms with Gasteiger partial charge in [-0.3, -0.25) is 0 Å². The number of aromatic nitrogens is 2. The lowest BCUT2D eigenvalue weighted by Gasteiger charge is -2.03. The zero-order chi connectivity index (χ0) is 9.97. The Kier molecular flexibility index (Phi) is 2.68. The standard InChI is InChI=1S/C11H11BrN2/c1-9-13-11(12)8-14(9)7-10-5-3-2-4-6-10/h2-6,8H,7H2,1H3. The first-order valence-corrected chi connectivity index (χ1v) is 5.28. The van der Waals surface area contributed by atoms with Crippen molar-refractivity contribution in [3.63, 3.8) is 0 Å². The highest BCUT2D eigenvalue weighted by Crippen LogP contribution is 2.11. The van der Waals surface area contributed by atoms with Gasteiger partial charge in [0.1, 0.15) is 10.4 Å². The van der Waals surface area contributed by atoms with Crippen molar-refractivity contribution >= 4 is 15.9 Å². The summed E-state index contributed by atoms with van der Waals surface area (Å²) in [4.78, 5) is 4.29. The van der Waals surface area contributed by atoms with Crippen LogP contribution in [0.2, 0.25) is 0 Å². The van der Waals surface area contributed by atoms with E-state index in [2.05, 4.69) is 49.7 Å². The fraction of sp³-hybridized carbons (Fsp3) is 0.182. The number of imidazole rings is 1. The van der Waals surface area contributed by atoms with Gasteiger partial charge in [-0.15, -0.1) is 0 Å². The molecule has 0 saturated carbocycles. The van der Waals surface area contributed by atoms with E-state index in [1.54, 1.807) is 0 Å². The molecule has 0 bridgehead atoms. The Morgan fingerprint density at radius 3 is 2.57 bits per heavy atom. The normalized spacial score (nSPS) is 10.4. The smallest absolute Gasteiger partial charge is 0.124 e. The van der Waals surface area contributed by atoms with Gasteiger partial charge in [-0.05, 0) is 28.4 Å². The Hall–Kier alpha value is -1.09. The van der Waals surface area contributed by atoms with Crippen LogP contribution < -0.4 is 0 Å². The molecule has 14 heavy (non-hydrogen) atoms. The van der Waals surface area contributed by atoms with Gasteiger partial charge < -0.3 is 4.57 Å². The minimum absolute atomic E-state index is 0.880. The van der Waals surface area contributed by atoms with Crippen LogP contribution >= 0.6 is 15.9 Å². The average molecular weight is 251 g/mol. The summed E-state index contributed by atoms with van der Waals surface area (Å²) in [5.41, 5.74) is 1.29. The van der Waals surface area contributed by atoms with E-state index in [9.17, 15) is 0 Å². The second-order valence-electron chi connectivity index (χ2n) is 3.22. The summed E-state index contributed by atoms with van der Waals surface area (Å²) in [6, 6.07) is 10.4. The predicted octanol–water partition coefficient (Wildman–Crippen LogP) is 3.00. The summed E-state index contributed by atoms with van der Waals surface area (Å²) < 4.78 is 3.02. The van der Waals surface area contributed by atoms with Crippen LogP contribution in [-0.4, -0.2) is 9.55 Å². The molecule has 0 aliphatic rings. The first kappa shape index (κ1) is 9.46. The lowest BCUT2D eigenvalue weighted by Crippen LogP contribution is -1.99. The van der Waals surface area contributed by atoms with Crippen LogP contribution in [0.1, 0.15) is 11.4 Å². The van der Waals surface area contributed by atoms with Gasteiger partial charge in [0.25, 0.3) is 0 Å². The lowest BCUT2D eigenvalue weighted by molar-refractivity contribution is 0.762. The quantitative estimate of drug-likeness (QED) is 0.802. The molecule has 0 unspecified atom stereocenters. The van der Waals surface area contributed by atoms with E-state index in [-0.39, 0.29) is 0 Å². The van der Waals surface area contributed by atoms with Crippen LogP contribution in [-0.2, 0) is 6.54 Å². The van der Waals surface area contributed by atoms with E-state index in [1.807, 2.05) is 19.2 Å². The maximum atomic E-state index is 4.29. The summed E-state index contributed by atoms with van der Waals surface area (Å²) in [6.07, 6.45) is 2.00. The minimum atomic E-state index is 0.880. The molecule has 0 aliphatic carbocycles. The first-order chi connectivity index (χ1) is 6.75. The van der Waals surface area contributed by atoms with Crippen LogP contribution in [0.3, 0.4) is 0 Å². The average Bonchev–Trinajstić information content (AvgIpc) is 2.47. The number of aryl methyl sites for hydroxylation is 1. The van der Waals surface area contributed by atoms with Crippen molar-refractivity contribution in [3.8, 4) is 0 Å². The van der Waals surface area contributed by atoms with Crippen LogP contribution in [0.5, 0.6) is 0 Å². The molecule has 2 aromatic rings. The van der Waals surface area contributed by atoms with Crippen molar-refractivity contribution < 1.29 is 0 Å². The molecule has 0 saturated heterocycles. The van der Waals surface area contributed by atoms with Crippen molar-refractivity contribution in [2.75, 3.05) is 0 Å². The first-order valence-electron chi connectivity index (χ1n) is 4.49. The molecule has 0 amide bonds. The predicted molar refractivity (Wildman–Crippen MR) is 60.2 cm³/mol. The number of rotatable bonds is 2. The highest BCUT2D eigenvalue weighted by molar-refractivity contribution is 9.10. The third-order valence-electron chi connectivity index (χ3n) is 2.14. The van der Waals surface area contributed by atoms with Crippen molar-refractivity contribution in [1.29, 1.82) is 0 Å². The van der Waals surface area contributed by atoms with Crippen LogP contribution in [0.4, 0.5) is 0 Å². The van der Waals surface area contributed by atoms with Gasteiger partial charge in [-0.2, -0.15) is 0 Å². The van der Waals surface area contributed by atoms with Crippen LogP contribution in [0.15, 0.2) is 41.1 Å². The zero-order valence-corrected chi connectivity index (χ0v) is 9.53. The Morgan fingerprint density at radius 2 is 2.00 bits per heavy atom. The van der Waals surface area contributed by atoms with Gasteiger partial charge in [-0.1, -0.05) is 30.3 Å². The molecule has 1 aromatic heterocycles. The van der Waals surface area contributed by atoms with E-state index in [0.717, 1.165) is 17.0 Å². The molecule has 1 aromatic carbocycles. The maximum Gasteiger partial charge on any atom is 0.124 e. The monoisotopic (exact) mass is 250 g/mol. The van der Waals surface area contributed by atoms with Gasteiger partial charge in [-0.25, -0.2) is 4.98 Å². The van der Waals surface area contributed by atoms with Crippen LogP contribution in [0.25, 0.3) is 0 Å². The Balaban J connectivity index is 2.23. The van der Waals surface area contributed by atoms with Gasteiger partial charge in [0.05, 0.1) is 0 Å². The van der Waals surface area contributed by atoms with E-state index >= 15 is 0 Å². The fourth-order valence-corrected chi connectivity index (χ4v) is 1.91. The van der Waals surface area contributed by atoms with Crippen molar-refractivity contribution in [1.82, 2.24) is 9.55 Å². The molecule has 0 radical (unpaired) electrons. The Labute approximate surface area is 91.7 Å². The molecule has 0 atom stereocenters. The summed E-state index contributed by atoms with van der Waals surface area (Å²) in [7, 11) is 0. The second-order valence-corrected chi connectivity index (χ2v) is 4.04. The molecular weight excluding hydrogens is 240 g/mol. The van der Waals surface area contributed by atoms with Crippen molar-refractivity contribution in [3.05, 3.63) is 52.5 Å². The summed E-state index contributed by atoms with van der Waals surface area (Å²) in [5.74, 6) is 1.03. The molecule has 2 nitrogen and oxygen atoms in total. The lowest BCUT2D eigenvalue weighted by atomic mass is 10.2. The Morgan fingerprint density at radius 1 is 1.29 bits per heavy atom. The molecular formula is C11H11BrN2. The highest BCUT2D eigenvalue weighted by atomic mass is 79.9. The molecule has 2 rings (SSSR count). The largest absolute Gasteiger partial charge is 0.330 e. The Bertz CT molecular complexity index is 420. The van der Waals surface area contributed by atoms with Crippen LogP contribution in [0, 0.1) is 6.92 Å². The third kappa shape index (κ3) is 2.04. The van der Waals surface area contributed by atoms with Gasteiger partial charge >= 0.3 is 0 Å².